The Morgan fingerprint density at radius 1 is 1.08 bits per heavy atom. The lowest BCUT2D eigenvalue weighted by Crippen LogP contribution is -2.63. The van der Waals surface area contributed by atoms with Gasteiger partial charge >= 0.3 is 6.09 Å². The van der Waals surface area contributed by atoms with Crippen molar-refractivity contribution in [1.82, 2.24) is 24.4 Å². The molecular formula is C29H38FN5O3. The molecule has 1 atom stereocenters. The predicted octanol–water partition coefficient (Wildman–Crippen LogP) is 5.69. The Morgan fingerprint density at radius 3 is 2.32 bits per heavy atom. The maximum Gasteiger partial charge on any atom is 0.410 e. The highest BCUT2D eigenvalue weighted by Gasteiger charge is 2.42. The van der Waals surface area contributed by atoms with E-state index in [-0.39, 0.29) is 23.2 Å². The first kappa shape index (κ1) is 27.5. The molecule has 1 saturated heterocycles. The number of hydrogen-bond donors (Lipinski definition) is 0. The molecule has 8 nitrogen and oxygen atoms in total. The first-order valence-electron chi connectivity index (χ1n) is 13.1. The summed E-state index contributed by atoms with van der Waals surface area (Å²) in [7, 11) is 0. The van der Waals surface area contributed by atoms with Crippen molar-refractivity contribution in [1.29, 1.82) is 0 Å². The van der Waals surface area contributed by atoms with Crippen molar-refractivity contribution in [2.24, 2.45) is 0 Å². The van der Waals surface area contributed by atoms with Crippen LogP contribution in [-0.2, 0) is 10.2 Å². The van der Waals surface area contributed by atoms with Crippen LogP contribution in [0.15, 0.2) is 36.5 Å². The number of imidazole rings is 1. The fourth-order valence-electron chi connectivity index (χ4n) is 4.73. The Kier molecular flexibility index (Phi) is 7.01. The van der Waals surface area contributed by atoms with Crippen molar-refractivity contribution in [3.63, 3.8) is 0 Å². The monoisotopic (exact) mass is 523 g/mol. The van der Waals surface area contributed by atoms with Gasteiger partial charge in [0.15, 0.2) is 5.65 Å². The van der Waals surface area contributed by atoms with E-state index >= 15 is 0 Å². The summed E-state index contributed by atoms with van der Waals surface area (Å²) in [6, 6.07) is 8.15. The zero-order chi connectivity index (χ0) is 28.0. The van der Waals surface area contributed by atoms with E-state index in [0.717, 1.165) is 11.1 Å². The molecule has 2 aromatic heterocycles. The number of ether oxygens (including phenoxy) is 1. The van der Waals surface area contributed by atoms with E-state index < -0.39 is 11.1 Å². The molecule has 2 amide bonds. The van der Waals surface area contributed by atoms with Gasteiger partial charge in [0.2, 0.25) is 0 Å². The van der Waals surface area contributed by atoms with Crippen molar-refractivity contribution in [3.05, 3.63) is 53.6 Å². The lowest BCUT2D eigenvalue weighted by atomic mass is 9.87. The van der Waals surface area contributed by atoms with E-state index in [9.17, 15) is 14.0 Å². The highest BCUT2D eigenvalue weighted by Crippen LogP contribution is 2.32. The minimum atomic E-state index is -0.590. The first-order valence-corrected chi connectivity index (χ1v) is 13.1. The molecule has 3 heterocycles. The van der Waals surface area contributed by atoms with Crippen LogP contribution in [-0.4, -0.2) is 67.2 Å². The smallest absolute Gasteiger partial charge is 0.410 e. The number of aromatic nitrogens is 3. The van der Waals surface area contributed by atoms with Crippen LogP contribution in [0.4, 0.5) is 9.18 Å². The number of piperazine rings is 1. The van der Waals surface area contributed by atoms with Crippen LogP contribution < -0.4 is 0 Å². The molecule has 0 aliphatic carbocycles. The van der Waals surface area contributed by atoms with Gasteiger partial charge in [-0.05, 0) is 69.9 Å². The molecule has 0 bridgehead atoms. The van der Waals surface area contributed by atoms with Gasteiger partial charge < -0.3 is 14.5 Å². The van der Waals surface area contributed by atoms with Gasteiger partial charge in [0.1, 0.15) is 17.1 Å². The fourth-order valence-corrected chi connectivity index (χ4v) is 4.73. The fraction of sp³-hybridized carbons (Fsp3) is 0.517. The van der Waals surface area contributed by atoms with Gasteiger partial charge in [-0.15, -0.1) is 0 Å². The summed E-state index contributed by atoms with van der Waals surface area (Å²) in [6.45, 7) is 16.9. The molecule has 3 aromatic rings. The van der Waals surface area contributed by atoms with E-state index in [1.54, 1.807) is 27.7 Å². The van der Waals surface area contributed by atoms with Crippen molar-refractivity contribution < 1.29 is 18.7 Å². The second-order valence-corrected chi connectivity index (χ2v) is 12.3. The molecule has 1 aliphatic heterocycles. The quantitative estimate of drug-likeness (QED) is 0.440. The molecular weight excluding hydrogens is 485 g/mol. The molecule has 0 saturated carbocycles. The molecule has 9 heteroatoms. The molecule has 1 fully saturated rings. The van der Waals surface area contributed by atoms with Crippen LogP contribution in [0.25, 0.3) is 16.9 Å². The lowest BCUT2D eigenvalue weighted by molar-refractivity contribution is -0.0163. The largest absolute Gasteiger partial charge is 0.444 e. The van der Waals surface area contributed by atoms with Crippen molar-refractivity contribution in [2.45, 2.75) is 78.4 Å². The molecule has 1 aromatic carbocycles. The van der Waals surface area contributed by atoms with E-state index in [1.807, 2.05) is 45.6 Å². The lowest BCUT2D eigenvalue weighted by Gasteiger charge is -2.48. The van der Waals surface area contributed by atoms with Crippen LogP contribution in [0, 0.1) is 5.82 Å². The number of carbonyl (C=O) groups is 2. The van der Waals surface area contributed by atoms with Crippen LogP contribution in [0.2, 0.25) is 0 Å². The number of hydrogen-bond acceptors (Lipinski definition) is 5. The topological polar surface area (TPSA) is 80.0 Å². The normalized spacial score (nSPS) is 18.7. The second-order valence-electron chi connectivity index (χ2n) is 12.3. The maximum absolute atomic E-state index is 13.8. The second kappa shape index (κ2) is 9.67. The Balaban J connectivity index is 1.69. The van der Waals surface area contributed by atoms with E-state index in [4.69, 9.17) is 14.8 Å². The van der Waals surface area contributed by atoms with Gasteiger partial charge in [-0.25, -0.2) is 18.7 Å². The summed E-state index contributed by atoms with van der Waals surface area (Å²) in [5, 5.41) is 4.71. The van der Waals surface area contributed by atoms with Gasteiger partial charge in [-0.2, -0.15) is 5.10 Å². The third-order valence-electron chi connectivity index (χ3n) is 7.03. The minimum absolute atomic E-state index is 0.202. The molecule has 1 unspecified atom stereocenters. The number of amides is 2. The van der Waals surface area contributed by atoms with E-state index in [1.165, 1.54) is 12.1 Å². The third-order valence-corrected chi connectivity index (χ3v) is 7.03. The molecule has 204 valence electrons. The van der Waals surface area contributed by atoms with E-state index in [2.05, 4.69) is 20.8 Å². The summed E-state index contributed by atoms with van der Waals surface area (Å²) >= 11 is 0. The number of nitrogens with zero attached hydrogens (tertiary/aromatic N) is 5. The number of fused-ring (bicyclic) bond motifs is 1. The SMILES string of the molecule is CCC1(C)CN(C(=O)OC(C)(C)C)CCN1C(=O)c1cn2nc(-c3ccc(F)cc3)cc(C(C)(C)C)c2n1. The maximum atomic E-state index is 13.8. The van der Waals surface area contributed by atoms with Gasteiger partial charge in [0, 0.05) is 30.8 Å². The van der Waals surface area contributed by atoms with Crippen LogP contribution in [0.1, 0.15) is 77.9 Å². The molecule has 0 spiro atoms. The van der Waals surface area contributed by atoms with E-state index in [0.29, 0.717) is 43.1 Å². The molecule has 0 radical (unpaired) electrons. The number of rotatable bonds is 3. The van der Waals surface area contributed by atoms with Gasteiger partial charge in [0.05, 0.1) is 17.4 Å². The summed E-state index contributed by atoms with van der Waals surface area (Å²) in [4.78, 5) is 34.8. The standard InChI is InChI=1S/C29H38FN5O3/c1-9-29(8)18-33(26(37)38-28(5,6)7)14-15-34(29)25(36)23-17-35-24(31-23)21(27(2,3)4)16-22(32-35)19-10-12-20(30)13-11-19/h10-13,16-17H,9,14-15,18H2,1-8H3. The Hall–Kier alpha value is -3.49. The third kappa shape index (κ3) is 5.51. The summed E-state index contributed by atoms with van der Waals surface area (Å²) in [5.74, 6) is -0.515. The number of benzene rings is 1. The van der Waals surface area contributed by atoms with Gasteiger partial charge in [-0.3, -0.25) is 4.79 Å². The molecule has 0 N–H and O–H groups in total. The Labute approximate surface area is 223 Å². The zero-order valence-corrected chi connectivity index (χ0v) is 23.6. The average molecular weight is 524 g/mol. The minimum Gasteiger partial charge on any atom is -0.444 e. The Morgan fingerprint density at radius 2 is 1.74 bits per heavy atom. The van der Waals surface area contributed by atoms with Crippen LogP contribution in [0.3, 0.4) is 0 Å². The van der Waals surface area contributed by atoms with Gasteiger partial charge in [-0.1, -0.05) is 27.7 Å². The molecule has 1 aliphatic rings. The molecule has 4 rings (SSSR count). The molecule has 38 heavy (non-hydrogen) atoms. The highest BCUT2D eigenvalue weighted by atomic mass is 19.1. The van der Waals surface area contributed by atoms with Crippen molar-refractivity contribution in [3.8, 4) is 11.3 Å². The van der Waals surface area contributed by atoms with Crippen LogP contribution in [0.5, 0.6) is 0 Å². The van der Waals surface area contributed by atoms with Crippen molar-refractivity contribution in [2.75, 3.05) is 19.6 Å². The first-order chi connectivity index (χ1) is 17.6. The summed E-state index contributed by atoms with van der Waals surface area (Å²) in [5.41, 5.74) is 1.83. The Bertz CT molecular complexity index is 1350. The van der Waals surface area contributed by atoms with Crippen molar-refractivity contribution >= 4 is 17.6 Å². The van der Waals surface area contributed by atoms with Crippen LogP contribution >= 0.6 is 0 Å². The summed E-state index contributed by atoms with van der Waals surface area (Å²) in [6.07, 6.45) is 1.95. The zero-order valence-electron chi connectivity index (χ0n) is 23.6. The van der Waals surface area contributed by atoms with Gasteiger partial charge in [0.25, 0.3) is 5.91 Å². The highest BCUT2D eigenvalue weighted by molar-refractivity contribution is 5.94. The number of carbonyl (C=O) groups excluding carboxylic acids is 2. The summed E-state index contributed by atoms with van der Waals surface area (Å²) < 4.78 is 20.7. The number of halogens is 1. The average Bonchev–Trinajstić information content (AvgIpc) is 3.26. The predicted molar refractivity (Wildman–Crippen MR) is 145 cm³/mol.